The minimum atomic E-state index is -0.591. The molecule has 0 unspecified atom stereocenters. The molecule has 0 radical (unpaired) electrons. The number of hydrogen-bond acceptors (Lipinski definition) is 8. The summed E-state index contributed by atoms with van der Waals surface area (Å²) in [6.45, 7) is 3.43. The van der Waals surface area contributed by atoms with Crippen molar-refractivity contribution in [3.05, 3.63) is 50.5 Å². The predicted molar refractivity (Wildman–Crippen MR) is 112 cm³/mol. The molecular weight excluding hydrogens is 425 g/mol. The highest BCUT2D eigenvalue weighted by atomic mass is 35.5. The minimum Gasteiger partial charge on any atom is -0.395 e. The van der Waals surface area contributed by atoms with Gasteiger partial charge in [0.05, 0.1) is 26.9 Å². The smallest absolute Gasteiger partial charge is 0.290 e. The maximum Gasteiger partial charge on any atom is 0.290 e. The highest BCUT2D eigenvalue weighted by Gasteiger charge is 2.21. The van der Waals surface area contributed by atoms with Crippen molar-refractivity contribution < 1.29 is 10.0 Å². The molecule has 0 amide bonds. The first-order chi connectivity index (χ1) is 13.4. The topological polar surface area (TPSA) is 104 Å². The van der Waals surface area contributed by atoms with Crippen molar-refractivity contribution in [2.24, 2.45) is 10.2 Å². The molecule has 0 aliphatic rings. The first-order valence-electron chi connectivity index (χ1n) is 8.25. The van der Waals surface area contributed by atoms with E-state index in [0.717, 1.165) is 23.6 Å². The molecule has 1 N–H and O–H groups in total. The number of likely N-dealkylation sites (N-methyl/N-ethyl adjacent to an activating group) is 1. The molecule has 1 aromatic heterocycles. The fourth-order valence-electron chi connectivity index (χ4n) is 2.58. The SMILES string of the molecule is CCN(CCO)c1ccc(N=Nc2nc3c(Cl)c(Cl)c([N+](=O)[O-])cc3s2)cc1. The summed E-state index contributed by atoms with van der Waals surface area (Å²) in [5.74, 6) is 0. The van der Waals surface area contributed by atoms with Gasteiger partial charge in [-0.25, -0.2) is 4.98 Å². The van der Waals surface area contributed by atoms with Crippen molar-refractivity contribution in [3.63, 3.8) is 0 Å². The van der Waals surface area contributed by atoms with Gasteiger partial charge in [-0.05, 0) is 31.2 Å². The third kappa shape index (κ3) is 4.22. The maximum absolute atomic E-state index is 11.1. The molecule has 3 aromatic rings. The Balaban J connectivity index is 1.85. The molecule has 1 heterocycles. The molecule has 8 nitrogen and oxygen atoms in total. The summed E-state index contributed by atoms with van der Waals surface area (Å²) in [6.07, 6.45) is 0. The number of nitro groups is 1. The van der Waals surface area contributed by atoms with E-state index in [0.29, 0.717) is 27.6 Å². The number of anilines is 1. The summed E-state index contributed by atoms with van der Waals surface area (Å²) in [7, 11) is 0. The van der Waals surface area contributed by atoms with Gasteiger partial charge in [-0.2, -0.15) is 0 Å². The van der Waals surface area contributed by atoms with Crippen molar-refractivity contribution in [1.82, 2.24) is 4.98 Å². The Morgan fingerprint density at radius 2 is 1.96 bits per heavy atom. The van der Waals surface area contributed by atoms with Crippen LogP contribution in [0.3, 0.4) is 0 Å². The van der Waals surface area contributed by atoms with E-state index >= 15 is 0 Å². The summed E-state index contributed by atoms with van der Waals surface area (Å²) in [5, 5.41) is 28.6. The highest BCUT2D eigenvalue weighted by Crippen LogP contribution is 2.42. The van der Waals surface area contributed by atoms with Crippen molar-refractivity contribution in [2.45, 2.75) is 6.92 Å². The Morgan fingerprint density at radius 3 is 2.57 bits per heavy atom. The Morgan fingerprint density at radius 1 is 1.25 bits per heavy atom. The molecule has 0 aliphatic heterocycles. The number of nitro benzene ring substituents is 1. The summed E-state index contributed by atoms with van der Waals surface area (Å²) in [4.78, 5) is 16.8. The quantitative estimate of drug-likeness (QED) is 0.286. The van der Waals surface area contributed by atoms with Crippen molar-refractivity contribution >= 4 is 66.9 Å². The average molecular weight is 440 g/mol. The molecule has 0 saturated heterocycles. The molecule has 0 fully saturated rings. The monoisotopic (exact) mass is 439 g/mol. The lowest BCUT2D eigenvalue weighted by Gasteiger charge is -2.21. The van der Waals surface area contributed by atoms with E-state index in [1.54, 1.807) is 12.1 Å². The van der Waals surface area contributed by atoms with Gasteiger partial charge in [0.1, 0.15) is 10.5 Å². The van der Waals surface area contributed by atoms with E-state index in [4.69, 9.17) is 28.3 Å². The molecule has 0 atom stereocenters. The number of aromatic nitrogens is 1. The fraction of sp³-hybridized carbons (Fsp3) is 0.235. The number of hydrogen-bond donors (Lipinski definition) is 1. The largest absolute Gasteiger partial charge is 0.395 e. The normalized spacial score (nSPS) is 11.4. The number of azo groups is 1. The molecule has 28 heavy (non-hydrogen) atoms. The van der Waals surface area contributed by atoms with Gasteiger partial charge in [0.25, 0.3) is 5.69 Å². The van der Waals surface area contributed by atoms with Crippen LogP contribution in [-0.2, 0) is 0 Å². The lowest BCUT2D eigenvalue weighted by molar-refractivity contribution is -0.384. The zero-order valence-electron chi connectivity index (χ0n) is 14.7. The second kappa shape index (κ2) is 8.78. The molecule has 0 spiro atoms. The molecule has 2 aromatic carbocycles. The second-order valence-electron chi connectivity index (χ2n) is 5.64. The van der Waals surface area contributed by atoms with Gasteiger partial charge in [-0.15, -0.1) is 10.2 Å². The van der Waals surface area contributed by atoms with E-state index in [9.17, 15) is 10.1 Å². The summed E-state index contributed by atoms with van der Waals surface area (Å²) >= 11 is 13.2. The van der Waals surface area contributed by atoms with Crippen LogP contribution < -0.4 is 4.90 Å². The number of benzene rings is 2. The third-order valence-electron chi connectivity index (χ3n) is 3.95. The maximum atomic E-state index is 11.1. The van der Waals surface area contributed by atoms with Crippen LogP contribution in [0.5, 0.6) is 0 Å². The van der Waals surface area contributed by atoms with Gasteiger partial charge in [-0.1, -0.05) is 34.5 Å². The van der Waals surface area contributed by atoms with E-state index < -0.39 is 4.92 Å². The van der Waals surface area contributed by atoms with E-state index in [2.05, 4.69) is 15.2 Å². The van der Waals surface area contributed by atoms with Crippen molar-refractivity contribution in [1.29, 1.82) is 0 Å². The molecule has 0 bridgehead atoms. The zero-order valence-corrected chi connectivity index (χ0v) is 17.0. The first kappa shape index (κ1) is 20.4. The molecule has 146 valence electrons. The van der Waals surface area contributed by atoms with Crippen LogP contribution in [0, 0.1) is 10.1 Å². The van der Waals surface area contributed by atoms with Gasteiger partial charge >= 0.3 is 0 Å². The van der Waals surface area contributed by atoms with Crippen LogP contribution in [0.4, 0.5) is 22.2 Å². The van der Waals surface area contributed by atoms with Crippen molar-refractivity contribution in [2.75, 3.05) is 24.6 Å². The zero-order chi connectivity index (χ0) is 20.3. The number of fused-ring (bicyclic) bond motifs is 1. The van der Waals surface area contributed by atoms with Crippen LogP contribution >= 0.6 is 34.5 Å². The van der Waals surface area contributed by atoms with Gasteiger partial charge in [0.2, 0.25) is 5.13 Å². The summed E-state index contributed by atoms with van der Waals surface area (Å²) < 4.78 is 0.507. The highest BCUT2D eigenvalue weighted by molar-refractivity contribution is 7.22. The van der Waals surface area contributed by atoms with E-state index in [1.165, 1.54) is 6.07 Å². The predicted octanol–water partition coefficient (Wildman–Crippen LogP) is 5.75. The Hall–Kier alpha value is -2.33. The lowest BCUT2D eigenvalue weighted by atomic mass is 10.2. The van der Waals surface area contributed by atoms with Gasteiger partial charge in [-0.3, -0.25) is 10.1 Å². The van der Waals surface area contributed by atoms with Gasteiger partial charge in [0, 0.05) is 24.8 Å². The fourth-order valence-corrected chi connectivity index (χ4v) is 3.92. The van der Waals surface area contributed by atoms with Crippen LogP contribution in [0.2, 0.25) is 10.0 Å². The Labute approximate surface area is 174 Å². The standard InChI is InChI=1S/C17H15Cl2N5O3S/c1-2-23(7-8-25)11-5-3-10(4-6-11)21-22-17-20-16-13(28-17)9-12(24(26)27)14(18)15(16)19/h3-6,9,25H,2,7-8H2,1H3. The molecule has 0 saturated carbocycles. The Bertz CT molecular complexity index is 1040. The van der Waals surface area contributed by atoms with Crippen LogP contribution in [0.15, 0.2) is 40.6 Å². The van der Waals surface area contributed by atoms with E-state index in [1.807, 2.05) is 24.0 Å². The average Bonchev–Trinajstić information content (AvgIpc) is 3.11. The number of nitrogens with zero attached hydrogens (tertiary/aromatic N) is 5. The van der Waals surface area contributed by atoms with Crippen LogP contribution in [-0.4, -0.2) is 34.7 Å². The first-order valence-corrected chi connectivity index (χ1v) is 9.82. The molecule has 3 rings (SSSR count). The lowest BCUT2D eigenvalue weighted by Crippen LogP contribution is -2.25. The minimum absolute atomic E-state index is 0.0245. The molecular formula is C17H15Cl2N5O3S. The van der Waals surface area contributed by atoms with E-state index in [-0.39, 0.29) is 22.3 Å². The van der Waals surface area contributed by atoms with Crippen LogP contribution in [0.25, 0.3) is 10.2 Å². The second-order valence-corrected chi connectivity index (χ2v) is 7.41. The summed E-state index contributed by atoms with van der Waals surface area (Å²) in [5.41, 5.74) is 1.68. The third-order valence-corrected chi connectivity index (χ3v) is 5.68. The molecule has 0 aliphatic carbocycles. The van der Waals surface area contributed by atoms with Crippen molar-refractivity contribution in [3.8, 4) is 0 Å². The summed E-state index contributed by atoms with van der Waals surface area (Å²) in [6, 6.07) is 8.73. The number of rotatable bonds is 7. The Kier molecular flexibility index (Phi) is 6.40. The van der Waals surface area contributed by atoms with Gasteiger partial charge in [0.15, 0.2) is 0 Å². The number of thiazole rings is 1. The number of halogens is 2. The number of aliphatic hydroxyl groups is 1. The van der Waals surface area contributed by atoms with Crippen LogP contribution in [0.1, 0.15) is 6.92 Å². The van der Waals surface area contributed by atoms with Gasteiger partial charge < -0.3 is 10.0 Å². The number of aliphatic hydroxyl groups excluding tert-OH is 1. The molecule has 11 heteroatoms.